The Morgan fingerprint density at radius 1 is 1.20 bits per heavy atom. The Morgan fingerprint density at radius 2 is 1.70 bits per heavy atom. The molecular weight excluding hydrogens is 169 g/mol. The lowest BCUT2D eigenvalue weighted by Gasteiger charge is -1.96. The third-order valence-corrected chi connectivity index (χ3v) is 1.30. The Balaban J connectivity index is 0.000000810. The summed E-state index contributed by atoms with van der Waals surface area (Å²) in [6.45, 7) is 0. The van der Waals surface area contributed by atoms with E-state index in [0.29, 0.717) is 0 Å². The van der Waals surface area contributed by atoms with Crippen LogP contribution in [0, 0.1) is 7.05 Å². The Bertz CT molecular complexity index is 183. The molecule has 0 bridgehead atoms. The van der Waals surface area contributed by atoms with Crippen LogP contribution in [-0.4, -0.2) is 0 Å². The van der Waals surface area contributed by atoms with Gasteiger partial charge in [-0.3, -0.25) is 0 Å². The zero-order valence-electron chi connectivity index (χ0n) is 5.30. The molecule has 55 valence electrons. The summed E-state index contributed by atoms with van der Waals surface area (Å²) in [4.78, 5) is 0. The lowest BCUT2D eigenvalue weighted by atomic mass is 10.3. The molecule has 0 heterocycles. The normalized spacial score (nSPS) is 8.20. The van der Waals surface area contributed by atoms with Crippen LogP contribution in [-0.2, 0) is 0 Å². The summed E-state index contributed by atoms with van der Waals surface area (Å²) in [7, 11) is 3.49. The first kappa shape index (κ1) is 9.60. The molecule has 3 heteroatoms. The molecule has 0 saturated carbocycles. The molecule has 0 aliphatic carbocycles. The average Bonchev–Trinajstić information content (AvgIpc) is 1.90. The SMILES string of the molecule is Cl.[CH2]Nc1ccc(Cl)cc1. The maximum atomic E-state index is 5.62. The molecule has 0 aromatic heterocycles. The largest absolute Gasteiger partial charge is 0.383 e. The van der Waals surface area contributed by atoms with E-state index in [2.05, 4.69) is 12.4 Å². The van der Waals surface area contributed by atoms with Crippen molar-refractivity contribution in [1.29, 1.82) is 0 Å². The van der Waals surface area contributed by atoms with Crippen molar-refractivity contribution in [2.24, 2.45) is 0 Å². The van der Waals surface area contributed by atoms with Gasteiger partial charge < -0.3 is 5.32 Å². The van der Waals surface area contributed by atoms with Crippen LogP contribution in [0.2, 0.25) is 5.02 Å². The van der Waals surface area contributed by atoms with Gasteiger partial charge in [-0.2, -0.15) is 0 Å². The van der Waals surface area contributed by atoms with E-state index in [1.54, 1.807) is 0 Å². The molecule has 0 unspecified atom stereocenters. The highest BCUT2D eigenvalue weighted by Gasteiger charge is 1.85. The maximum absolute atomic E-state index is 5.62. The summed E-state index contributed by atoms with van der Waals surface area (Å²) in [6.07, 6.45) is 0. The maximum Gasteiger partial charge on any atom is 0.0407 e. The molecule has 0 saturated heterocycles. The van der Waals surface area contributed by atoms with Crippen LogP contribution < -0.4 is 5.32 Å². The number of anilines is 1. The van der Waals surface area contributed by atoms with Crippen molar-refractivity contribution in [3.63, 3.8) is 0 Å². The van der Waals surface area contributed by atoms with Gasteiger partial charge in [0.25, 0.3) is 0 Å². The number of nitrogens with one attached hydrogen (secondary N) is 1. The number of benzene rings is 1. The fraction of sp³-hybridized carbons (Fsp3) is 0. The van der Waals surface area contributed by atoms with Crippen molar-refractivity contribution < 1.29 is 0 Å². The van der Waals surface area contributed by atoms with E-state index in [-0.39, 0.29) is 12.4 Å². The van der Waals surface area contributed by atoms with Gasteiger partial charge in [-0.15, -0.1) is 12.4 Å². The van der Waals surface area contributed by atoms with Crippen LogP contribution >= 0.6 is 24.0 Å². The molecule has 0 spiro atoms. The molecule has 1 aromatic carbocycles. The Labute approximate surface area is 71.8 Å². The first-order valence-electron chi connectivity index (χ1n) is 2.61. The number of rotatable bonds is 1. The van der Waals surface area contributed by atoms with Crippen molar-refractivity contribution in [2.75, 3.05) is 5.32 Å². The van der Waals surface area contributed by atoms with Crippen LogP contribution in [0.3, 0.4) is 0 Å². The van der Waals surface area contributed by atoms with E-state index in [1.807, 2.05) is 24.3 Å². The van der Waals surface area contributed by atoms with Gasteiger partial charge in [0.05, 0.1) is 0 Å². The van der Waals surface area contributed by atoms with Gasteiger partial charge >= 0.3 is 0 Å². The van der Waals surface area contributed by atoms with E-state index in [0.717, 1.165) is 10.7 Å². The Kier molecular flexibility index (Phi) is 4.24. The fourth-order valence-electron chi connectivity index (χ4n) is 0.568. The van der Waals surface area contributed by atoms with Crippen molar-refractivity contribution >= 4 is 29.7 Å². The molecule has 0 atom stereocenters. The smallest absolute Gasteiger partial charge is 0.0407 e. The molecule has 1 aromatic rings. The van der Waals surface area contributed by atoms with Crippen LogP contribution in [0.5, 0.6) is 0 Å². The van der Waals surface area contributed by atoms with Crippen molar-refractivity contribution in [2.45, 2.75) is 0 Å². The Morgan fingerprint density at radius 3 is 2.10 bits per heavy atom. The van der Waals surface area contributed by atoms with Crippen LogP contribution in [0.15, 0.2) is 24.3 Å². The molecule has 0 amide bonds. The first-order chi connectivity index (χ1) is 4.33. The second-order valence-corrected chi connectivity index (χ2v) is 2.12. The summed E-state index contributed by atoms with van der Waals surface area (Å²) < 4.78 is 0. The monoisotopic (exact) mass is 176 g/mol. The second-order valence-electron chi connectivity index (χ2n) is 1.68. The zero-order chi connectivity index (χ0) is 6.69. The van der Waals surface area contributed by atoms with E-state index < -0.39 is 0 Å². The van der Waals surface area contributed by atoms with Gasteiger partial charge in [0.1, 0.15) is 0 Å². The third kappa shape index (κ3) is 2.46. The van der Waals surface area contributed by atoms with E-state index in [9.17, 15) is 0 Å². The van der Waals surface area contributed by atoms with Gasteiger partial charge in [-0.1, -0.05) is 11.6 Å². The molecule has 1 nitrogen and oxygen atoms in total. The summed E-state index contributed by atoms with van der Waals surface area (Å²) in [5.74, 6) is 0. The minimum atomic E-state index is 0. The molecular formula is C7H8Cl2N. The van der Waals surface area contributed by atoms with Gasteiger partial charge in [0.15, 0.2) is 0 Å². The van der Waals surface area contributed by atoms with E-state index in [1.165, 1.54) is 0 Å². The number of hydrogen-bond acceptors (Lipinski definition) is 1. The lowest BCUT2D eigenvalue weighted by molar-refractivity contribution is 1.59. The lowest BCUT2D eigenvalue weighted by Crippen LogP contribution is -1.81. The fourth-order valence-corrected chi connectivity index (χ4v) is 0.694. The van der Waals surface area contributed by atoms with E-state index >= 15 is 0 Å². The number of halogens is 2. The molecule has 1 N–H and O–H groups in total. The van der Waals surface area contributed by atoms with Gasteiger partial charge in [-0.25, -0.2) is 0 Å². The predicted molar refractivity (Wildman–Crippen MR) is 47.7 cm³/mol. The minimum Gasteiger partial charge on any atom is -0.383 e. The van der Waals surface area contributed by atoms with Gasteiger partial charge in [0, 0.05) is 17.8 Å². The highest BCUT2D eigenvalue weighted by atomic mass is 35.5. The summed E-state index contributed by atoms with van der Waals surface area (Å²) >= 11 is 5.62. The first-order valence-corrected chi connectivity index (χ1v) is 2.99. The topological polar surface area (TPSA) is 12.0 Å². The molecule has 0 aliphatic rings. The highest BCUT2D eigenvalue weighted by molar-refractivity contribution is 6.30. The van der Waals surface area contributed by atoms with Crippen LogP contribution in [0.4, 0.5) is 5.69 Å². The van der Waals surface area contributed by atoms with Gasteiger partial charge in [0.2, 0.25) is 0 Å². The van der Waals surface area contributed by atoms with Crippen molar-refractivity contribution in [1.82, 2.24) is 0 Å². The van der Waals surface area contributed by atoms with Gasteiger partial charge in [-0.05, 0) is 24.3 Å². The quantitative estimate of drug-likeness (QED) is 0.695. The second kappa shape index (κ2) is 4.42. The molecule has 1 radical (unpaired) electrons. The molecule has 1 rings (SSSR count). The van der Waals surface area contributed by atoms with Crippen molar-refractivity contribution in [3.8, 4) is 0 Å². The Hall–Kier alpha value is -0.400. The standard InChI is InChI=1S/C7H7ClN.ClH/c1-9-7-4-2-6(8)3-5-7;/h2-5,9H,1H2;1H. The summed E-state index contributed by atoms with van der Waals surface area (Å²) in [5, 5.41) is 3.49. The highest BCUT2D eigenvalue weighted by Crippen LogP contribution is 2.12. The molecule has 0 fully saturated rings. The third-order valence-electron chi connectivity index (χ3n) is 1.05. The number of hydrogen-bond donors (Lipinski definition) is 1. The van der Waals surface area contributed by atoms with Crippen molar-refractivity contribution in [3.05, 3.63) is 36.3 Å². The summed E-state index contributed by atoms with van der Waals surface area (Å²) in [6, 6.07) is 7.37. The zero-order valence-corrected chi connectivity index (χ0v) is 6.88. The average molecular weight is 177 g/mol. The minimum absolute atomic E-state index is 0. The van der Waals surface area contributed by atoms with E-state index in [4.69, 9.17) is 11.6 Å². The van der Waals surface area contributed by atoms with Crippen LogP contribution in [0.1, 0.15) is 0 Å². The molecule has 0 aliphatic heterocycles. The van der Waals surface area contributed by atoms with Crippen LogP contribution in [0.25, 0.3) is 0 Å². The summed E-state index contributed by atoms with van der Waals surface area (Å²) in [5.41, 5.74) is 0.972. The molecule has 10 heavy (non-hydrogen) atoms. The predicted octanol–water partition coefficient (Wildman–Crippen LogP) is 2.97.